The van der Waals surface area contributed by atoms with Gasteiger partial charge in [-0.25, -0.2) is 23.9 Å². The molecule has 0 radical (unpaired) electrons. The predicted molar refractivity (Wildman–Crippen MR) is 170 cm³/mol. The maximum atomic E-state index is 14.2. The number of para-hydroxylation sites is 1. The summed E-state index contributed by atoms with van der Waals surface area (Å²) in [6, 6.07) is 16.3. The van der Waals surface area contributed by atoms with E-state index in [2.05, 4.69) is 0 Å². The van der Waals surface area contributed by atoms with E-state index < -0.39 is 35.3 Å². The molecule has 3 rings (SSSR count). The first-order valence-corrected chi connectivity index (χ1v) is 14.7. The zero-order valence-electron chi connectivity index (χ0n) is 25.4. The van der Waals surface area contributed by atoms with Crippen molar-refractivity contribution in [3.8, 4) is 0 Å². The van der Waals surface area contributed by atoms with Gasteiger partial charge in [0.15, 0.2) is 0 Å². The van der Waals surface area contributed by atoms with Crippen LogP contribution in [0.1, 0.15) is 64.0 Å². The molecule has 230 valence electrons. The highest BCUT2D eigenvalue weighted by Crippen LogP contribution is 2.30. The van der Waals surface area contributed by atoms with Crippen LogP contribution in [0.5, 0.6) is 0 Å². The van der Waals surface area contributed by atoms with Crippen molar-refractivity contribution in [2.45, 2.75) is 65.8 Å². The molecule has 0 N–H and O–H groups in total. The van der Waals surface area contributed by atoms with Gasteiger partial charge in [0.25, 0.3) is 5.91 Å². The molecule has 0 aliphatic carbocycles. The van der Waals surface area contributed by atoms with Crippen molar-refractivity contribution in [2.24, 2.45) is 0 Å². The smallest absolute Gasteiger partial charge is 0.419 e. The number of esters is 1. The van der Waals surface area contributed by atoms with Gasteiger partial charge in [-0.15, -0.1) is 0 Å². The number of amides is 2. The van der Waals surface area contributed by atoms with Crippen LogP contribution < -0.4 is 0 Å². The zero-order valence-corrected chi connectivity index (χ0v) is 27.6. The number of hydrogen-bond acceptors (Lipinski definition) is 8. The minimum Gasteiger partial charge on any atom is -0.482 e. The third kappa shape index (κ3) is 9.06. The Bertz CT molecular complexity index is 1510. The Kier molecular flexibility index (Phi) is 11.0. The number of imide groups is 1. The van der Waals surface area contributed by atoms with Gasteiger partial charge in [-0.3, -0.25) is 4.79 Å². The van der Waals surface area contributed by atoms with E-state index in [1.165, 1.54) is 17.8 Å². The average Bonchev–Trinajstić information content (AvgIpc) is 3.23. The molecular formula is C32H37IN2O8. The Morgan fingerprint density at radius 3 is 2.09 bits per heavy atom. The van der Waals surface area contributed by atoms with E-state index >= 15 is 0 Å². The summed E-state index contributed by atoms with van der Waals surface area (Å²) in [6.07, 6.45) is -0.185. The van der Waals surface area contributed by atoms with Crippen LogP contribution in [0.3, 0.4) is 0 Å². The third-order valence-corrected chi connectivity index (χ3v) is 6.85. The maximum Gasteiger partial charge on any atom is 0.419 e. The highest BCUT2D eigenvalue weighted by atomic mass is 127. The second-order valence-electron chi connectivity index (χ2n) is 11.6. The number of hydrogen-bond donors (Lipinski definition) is 0. The van der Waals surface area contributed by atoms with E-state index in [1.54, 1.807) is 65.8 Å². The Morgan fingerprint density at radius 2 is 1.49 bits per heavy atom. The van der Waals surface area contributed by atoms with Crippen molar-refractivity contribution in [3.05, 3.63) is 81.3 Å². The first-order valence-electron chi connectivity index (χ1n) is 13.6. The minimum atomic E-state index is -0.910. The fraction of sp³-hybridized carbons (Fsp3) is 0.375. The molecule has 1 heterocycles. The van der Waals surface area contributed by atoms with Crippen molar-refractivity contribution in [1.29, 1.82) is 0 Å². The summed E-state index contributed by atoms with van der Waals surface area (Å²) in [5, 5.41) is 0.642. The predicted octanol–water partition coefficient (Wildman–Crippen LogP) is 7.07. The van der Waals surface area contributed by atoms with Crippen LogP contribution in [0.25, 0.3) is 10.9 Å². The van der Waals surface area contributed by atoms with Crippen LogP contribution in [0.4, 0.5) is 9.59 Å². The number of halogens is 1. The summed E-state index contributed by atoms with van der Waals surface area (Å²) in [5.41, 5.74) is -0.497. The summed E-state index contributed by atoms with van der Waals surface area (Å²) in [4.78, 5) is 54.3. The number of carbonyl (C=O) groups excluding carboxylic acids is 4. The van der Waals surface area contributed by atoms with E-state index in [4.69, 9.17) is 18.9 Å². The van der Waals surface area contributed by atoms with Crippen molar-refractivity contribution < 1.29 is 38.1 Å². The number of aromatic nitrogens is 1. The van der Waals surface area contributed by atoms with E-state index in [-0.39, 0.29) is 31.0 Å². The molecule has 1 aromatic heterocycles. The highest BCUT2D eigenvalue weighted by Gasteiger charge is 2.35. The van der Waals surface area contributed by atoms with E-state index in [9.17, 15) is 19.2 Å². The van der Waals surface area contributed by atoms with Crippen molar-refractivity contribution in [1.82, 2.24) is 9.47 Å². The molecule has 0 unspecified atom stereocenters. The Balaban J connectivity index is 2.01. The van der Waals surface area contributed by atoms with Crippen molar-refractivity contribution in [3.63, 3.8) is 0 Å². The van der Waals surface area contributed by atoms with Crippen LogP contribution >= 0.6 is 22.6 Å². The molecule has 0 aliphatic rings. The molecule has 2 amide bonds. The van der Waals surface area contributed by atoms with Gasteiger partial charge in [-0.1, -0.05) is 48.5 Å². The molecule has 0 atom stereocenters. The molecule has 0 spiro atoms. The van der Waals surface area contributed by atoms with Gasteiger partial charge < -0.3 is 18.9 Å². The molecular weight excluding hydrogens is 667 g/mol. The number of benzene rings is 2. The number of carbonyl (C=O) groups is 4. The maximum absolute atomic E-state index is 14.2. The second kappa shape index (κ2) is 14.1. The van der Waals surface area contributed by atoms with Gasteiger partial charge >= 0.3 is 18.2 Å². The first-order chi connectivity index (χ1) is 20.1. The number of rotatable bonds is 8. The van der Waals surface area contributed by atoms with Gasteiger partial charge in [0, 0.05) is 11.9 Å². The molecule has 0 bridgehead atoms. The van der Waals surface area contributed by atoms with Gasteiger partial charge in [0.2, 0.25) is 5.76 Å². The van der Waals surface area contributed by atoms with Gasteiger partial charge in [-0.05, 0) is 88.3 Å². The summed E-state index contributed by atoms with van der Waals surface area (Å²) >= 11 is 1.99. The number of ether oxygens (including phenoxy) is 4. The first kappa shape index (κ1) is 33.6. The molecule has 11 heteroatoms. The fourth-order valence-corrected chi connectivity index (χ4v) is 4.90. The lowest BCUT2D eigenvalue weighted by Crippen LogP contribution is -2.43. The Hall–Kier alpha value is -3.87. The summed E-state index contributed by atoms with van der Waals surface area (Å²) in [7, 11) is 1.23. The van der Waals surface area contributed by atoms with E-state index in [1.807, 2.05) is 52.9 Å². The zero-order chi connectivity index (χ0) is 31.9. The summed E-state index contributed by atoms with van der Waals surface area (Å²) in [6.45, 7) is 10.1. The van der Waals surface area contributed by atoms with Crippen molar-refractivity contribution in [2.75, 3.05) is 13.7 Å². The monoisotopic (exact) mass is 704 g/mol. The Labute approximate surface area is 265 Å². The standard InChI is InChI=1S/C32H37IN2O8/c1-31(2,3)42-29(38)34(19-13-18-24(28(37)40-7)41-20-21-14-9-8-10-15-21)27(36)26-25(33)22-16-11-12-17-23(22)35(26)30(39)43-32(4,5)6/h8-12,14-18H,13,19-20H2,1-7H3/b24-18+. The van der Waals surface area contributed by atoms with Crippen LogP contribution in [0.2, 0.25) is 0 Å². The largest absolute Gasteiger partial charge is 0.482 e. The molecule has 3 aromatic rings. The van der Waals surface area contributed by atoms with Crippen molar-refractivity contribution >= 4 is 57.6 Å². The number of nitrogens with zero attached hydrogens (tertiary/aromatic N) is 2. The van der Waals surface area contributed by atoms with Crippen LogP contribution in [-0.2, 0) is 30.3 Å². The molecule has 10 nitrogen and oxygen atoms in total. The highest BCUT2D eigenvalue weighted by molar-refractivity contribution is 14.1. The summed E-state index contributed by atoms with van der Waals surface area (Å²) in [5.74, 6) is -1.54. The molecule has 43 heavy (non-hydrogen) atoms. The Morgan fingerprint density at radius 1 is 0.884 bits per heavy atom. The fourth-order valence-electron chi connectivity index (χ4n) is 3.97. The quantitative estimate of drug-likeness (QED) is 0.0805. The third-order valence-electron chi connectivity index (χ3n) is 5.76. The molecule has 0 fully saturated rings. The second-order valence-corrected chi connectivity index (χ2v) is 12.6. The average molecular weight is 705 g/mol. The van der Waals surface area contributed by atoms with Crippen LogP contribution in [0.15, 0.2) is 66.4 Å². The minimum absolute atomic E-state index is 0.0352. The van der Waals surface area contributed by atoms with Gasteiger partial charge in [0.1, 0.15) is 23.5 Å². The molecule has 2 aromatic carbocycles. The normalized spacial score (nSPS) is 12.0. The molecule has 0 aliphatic heterocycles. The van der Waals surface area contributed by atoms with E-state index in [0.29, 0.717) is 14.5 Å². The lowest BCUT2D eigenvalue weighted by atomic mass is 10.2. The lowest BCUT2D eigenvalue weighted by Gasteiger charge is -2.27. The topological polar surface area (TPSA) is 113 Å². The summed E-state index contributed by atoms with van der Waals surface area (Å²) < 4.78 is 23.4. The van der Waals surface area contributed by atoms with Crippen LogP contribution in [-0.4, -0.2) is 58.4 Å². The SMILES string of the molecule is COC(=O)/C(=C\CCN(C(=O)OC(C)(C)C)C(=O)c1c(I)c2ccccc2n1C(=O)OC(C)(C)C)OCc1ccccc1. The van der Waals surface area contributed by atoms with Gasteiger partial charge in [0.05, 0.1) is 16.2 Å². The van der Waals surface area contributed by atoms with Gasteiger partial charge in [-0.2, -0.15) is 0 Å². The number of methoxy groups -OCH3 is 1. The lowest BCUT2D eigenvalue weighted by molar-refractivity contribution is -0.140. The molecule has 0 saturated heterocycles. The number of fused-ring (bicyclic) bond motifs is 1. The van der Waals surface area contributed by atoms with Crippen LogP contribution in [0, 0.1) is 3.57 Å². The molecule has 0 saturated carbocycles. The van der Waals surface area contributed by atoms with E-state index in [0.717, 1.165) is 10.5 Å².